The van der Waals surface area contributed by atoms with Gasteiger partial charge in [-0.25, -0.2) is 4.79 Å². The van der Waals surface area contributed by atoms with Crippen LogP contribution in [0, 0.1) is 5.92 Å². The van der Waals surface area contributed by atoms with Gasteiger partial charge in [-0.2, -0.15) is 0 Å². The summed E-state index contributed by atoms with van der Waals surface area (Å²) in [6, 6.07) is 11.6. The Labute approximate surface area is 172 Å². The summed E-state index contributed by atoms with van der Waals surface area (Å²) in [5.74, 6) is 0.158. The van der Waals surface area contributed by atoms with Crippen molar-refractivity contribution in [2.75, 3.05) is 0 Å². The molecule has 0 bridgehead atoms. The van der Waals surface area contributed by atoms with E-state index >= 15 is 0 Å². The number of aryl methyl sites for hydroxylation is 1. The highest BCUT2D eigenvalue weighted by Gasteiger charge is 2.36. The summed E-state index contributed by atoms with van der Waals surface area (Å²) in [4.78, 5) is 20.1. The van der Waals surface area contributed by atoms with E-state index in [2.05, 4.69) is 9.97 Å². The Morgan fingerprint density at radius 2 is 2.07 bits per heavy atom. The summed E-state index contributed by atoms with van der Waals surface area (Å²) in [5, 5.41) is 10.9. The van der Waals surface area contributed by atoms with E-state index in [4.69, 9.17) is 10.2 Å². The van der Waals surface area contributed by atoms with Crippen molar-refractivity contribution in [3.8, 4) is 22.7 Å². The number of hydrogen-bond acceptors (Lipinski definition) is 4. The average Bonchev–Trinajstić information content (AvgIpc) is 3.38. The summed E-state index contributed by atoms with van der Waals surface area (Å²) in [7, 11) is 0. The Morgan fingerprint density at radius 3 is 2.83 bits per heavy atom. The third-order valence-electron chi connectivity index (χ3n) is 6.39. The number of aromatic nitrogens is 2. The normalized spacial score (nSPS) is 16.3. The van der Waals surface area contributed by atoms with Crippen LogP contribution in [0.25, 0.3) is 33.7 Å². The number of furan rings is 1. The highest BCUT2D eigenvalue weighted by molar-refractivity contribution is 5.95. The number of carbonyl (C=O) groups is 1. The number of fused-ring (bicyclic) bond motifs is 4. The van der Waals surface area contributed by atoms with Crippen LogP contribution in [-0.2, 0) is 12.8 Å². The number of hydrogen-bond donors (Lipinski definition) is 3. The summed E-state index contributed by atoms with van der Waals surface area (Å²) in [6.45, 7) is 0. The quantitative estimate of drug-likeness (QED) is 0.461. The third-order valence-corrected chi connectivity index (χ3v) is 6.39. The molecule has 0 amide bonds. The van der Waals surface area contributed by atoms with Gasteiger partial charge in [0.1, 0.15) is 11.3 Å². The molecule has 1 fully saturated rings. The fourth-order valence-electron chi connectivity index (χ4n) is 4.64. The number of nitrogens with two attached hydrogens (primary N) is 1. The van der Waals surface area contributed by atoms with Crippen LogP contribution in [0.15, 0.2) is 47.0 Å². The van der Waals surface area contributed by atoms with Gasteiger partial charge in [-0.15, -0.1) is 0 Å². The average molecular weight is 399 g/mol. The molecule has 150 valence electrons. The minimum absolute atomic E-state index is 0.262. The number of H-pyrrole nitrogens is 1. The first-order valence-corrected chi connectivity index (χ1v) is 10.3. The third kappa shape index (κ3) is 2.60. The summed E-state index contributed by atoms with van der Waals surface area (Å²) in [6.07, 6.45) is 5.42. The molecule has 2 aliphatic carbocycles. The van der Waals surface area contributed by atoms with Crippen molar-refractivity contribution >= 4 is 16.9 Å². The molecule has 6 heteroatoms. The van der Waals surface area contributed by atoms with Crippen molar-refractivity contribution in [2.45, 2.75) is 31.7 Å². The van der Waals surface area contributed by atoms with Crippen molar-refractivity contribution in [1.29, 1.82) is 0 Å². The second-order valence-corrected chi connectivity index (χ2v) is 8.31. The van der Waals surface area contributed by atoms with Crippen LogP contribution < -0.4 is 5.73 Å². The van der Waals surface area contributed by atoms with Gasteiger partial charge in [-0.1, -0.05) is 18.2 Å². The standard InChI is InChI=1S/C24H21N3O3/c25-21(12-5-6-12)23-20(24(28)29)15-8-7-14-11-26-17(10-16(14)22(15)27-23)19-9-13-3-1-2-4-18(13)30-19/h1-4,9-12,21,27H,5-8,25H2,(H,28,29). The summed E-state index contributed by atoms with van der Waals surface area (Å²) in [5.41, 5.74) is 12.8. The van der Waals surface area contributed by atoms with E-state index < -0.39 is 5.97 Å². The fourth-order valence-corrected chi connectivity index (χ4v) is 4.64. The van der Waals surface area contributed by atoms with Crippen LogP contribution in [0.1, 0.15) is 46.1 Å². The molecular weight excluding hydrogens is 378 g/mol. The zero-order chi connectivity index (χ0) is 20.4. The van der Waals surface area contributed by atoms with Crippen molar-refractivity contribution in [3.63, 3.8) is 0 Å². The number of aromatic amines is 1. The van der Waals surface area contributed by atoms with Crippen molar-refractivity contribution in [1.82, 2.24) is 9.97 Å². The lowest BCUT2D eigenvalue weighted by Gasteiger charge is -2.17. The maximum Gasteiger partial charge on any atom is 0.337 e. The maximum absolute atomic E-state index is 12.1. The predicted molar refractivity (Wildman–Crippen MR) is 113 cm³/mol. The molecule has 30 heavy (non-hydrogen) atoms. The second kappa shape index (κ2) is 6.31. The number of para-hydroxylation sites is 1. The number of benzene rings is 1. The number of aromatic carboxylic acids is 1. The Balaban J connectivity index is 1.50. The van der Waals surface area contributed by atoms with E-state index in [-0.39, 0.29) is 6.04 Å². The lowest BCUT2D eigenvalue weighted by Crippen LogP contribution is -2.17. The minimum atomic E-state index is -0.909. The second-order valence-electron chi connectivity index (χ2n) is 8.31. The first-order valence-electron chi connectivity index (χ1n) is 10.3. The first-order chi connectivity index (χ1) is 14.6. The molecule has 6 nitrogen and oxygen atoms in total. The zero-order valence-corrected chi connectivity index (χ0v) is 16.3. The molecule has 4 aromatic rings. The van der Waals surface area contributed by atoms with E-state index in [0.717, 1.165) is 58.3 Å². The topological polar surface area (TPSA) is 105 Å². The van der Waals surface area contributed by atoms with Gasteiger partial charge in [0.2, 0.25) is 0 Å². The lowest BCUT2D eigenvalue weighted by molar-refractivity contribution is 0.0694. The van der Waals surface area contributed by atoms with Gasteiger partial charge in [0.05, 0.1) is 11.3 Å². The van der Waals surface area contributed by atoms with E-state index in [9.17, 15) is 9.90 Å². The fraction of sp³-hybridized carbons (Fsp3) is 0.250. The van der Waals surface area contributed by atoms with Gasteiger partial charge in [-0.05, 0) is 60.9 Å². The van der Waals surface area contributed by atoms with Crippen molar-refractivity contribution in [3.05, 3.63) is 65.0 Å². The van der Waals surface area contributed by atoms with Gasteiger partial charge >= 0.3 is 5.97 Å². The van der Waals surface area contributed by atoms with E-state index in [1.807, 2.05) is 42.6 Å². The summed E-state index contributed by atoms with van der Waals surface area (Å²) >= 11 is 0. The molecule has 0 spiro atoms. The number of pyridine rings is 1. The highest BCUT2D eigenvalue weighted by atomic mass is 16.4. The lowest BCUT2D eigenvalue weighted by atomic mass is 9.88. The molecule has 0 radical (unpaired) electrons. The number of carboxylic acids is 1. The Hall–Kier alpha value is -3.38. The van der Waals surface area contributed by atoms with Gasteiger partial charge < -0.3 is 20.2 Å². The van der Waals surface area contributed by atoms with Crippen LogP contribution in [0.5, 0.6) is 0 Å². The largest absolute Gasteiger partial charge is 0.478 e. The molecule has 1 atom stereocenters. The van der Waals surface area contributed by atoms with Gasteiger partial charge in [0, 0.05) is 28.9 Å². The molecule has 3 aromatic heterocycles. The first kappa shape index (κ1) is 17.5. The molecular formula is C24H21N3O3. The maximum atomic E-state index is 12.1. The number of carboxylic acid groups (broad SMARTS) is 1. The Morgan fingerprint density at radius 1 is 1.23 bits per heavy atom. The van der Waals surface area contributed by atoms with E-state index in [1.54, 1.807) is 0 Å². The minimum Gasteiger partial charge on any atom is -0.478 e. The molecule has 1 aromatic carbocycles. The molecule has 1 unspecified atom stereocenters. The summed E-state index contributed by atoms with van der Waals surface area (Å²) < 4.78 is 5.99. The molecule has 0 saturated heterocycles. The van der Waals surface area contributed by atoms with E-state index in [1.165, 1.54) is 0 Å². The molecule has 1 saturated carbocycles. The van der Waals surface area contributed by atoms with Crippen molar-refractivity contribution < 1.29 is 14.3 Å². The monoisotopic (exact) mass is 399 g/mol. The van der Waals surface area contributed by atoms with Crippen LogP contribution in [-0.4, -0.2) is 21.0 Å². The van der Waals surface area contributed by atoms with E-state index in [0.29, 0.717) is 29.4 Å². The highest BCUT2D eigenvalue weighted by Crippen LogP contribution is 2.44. The molecule has 3 heterocycles. The van der Waals surface area contributed by atoms with Crippen LogP contribution in [0.2, 0.25) is 0 Å². The van der Waals surface area contributed by atoms with Gasteiger partial charge in [-0.3, -0.25) is 4.98 Å². The zero-order valence-electron chi connectivity index (χ0n) is 16.3. The Bertz CT molecular complexity index is 1280. The van der Waals surface area contributed by atoms with Gasteiger partial charge in [0.15, 0.2) is 5.76 Å². The predicted octanol–water partition coefficient (Wildman–Crippen LogP) is 4.70. The number of nitrogens with zero attached hydrogens (tertiary/aromatic N) is 1. The van der Waals surface area contributed by atoms with Crippen LogP contribution in [0.4, 0.5) is 0 Å². The van der Waals surface area contributed by atoms with Crippen molar-refractivity contribution in [2.24, 2.45) is 11.7 Å². The molecule has 6 rings (SSSR count). The van der Waals surface area contributed by atoms with Crippen LogP contribution >= 0.6 is 0 Å². The SMILES string of the molecule is NC(c1[nH]c2c(c1C(=O)O)CCc1cnc(-c3cc4ccccc4o3)cc1-2)C1CC1. The van der Waals surface area contributed by atoms with Gasteiger partial charge in [0.25, 0.3) is 0 Å². The smallest absolute Gasteiger partial charge is 0.337 e. The Kier molecular flexibility index (Phi) is 3.67. The molecule has 0 aliphatic heterocycles. The number of nitrogens with one attached hydrogen (secondary N) is 1. The van der Waals surface area contributed by atoms with Crippen LogP contribution in [0.3, 0.4) is 0 Å². The number of rotatable bonds is 4. The molecule has 2 aliphatic rings. The molecule has 4 N–H and O–H groups in total.